The number of ether oxygens (including phenoxy) is 1. The van der Waals surface area contributed by atoms with E-state index in [-0.39, 0.29) is 0 Å². The van der Waals surface area contributed by atoms with Gasteiger partial charge >= 0.3 is 0 Å². The number of hydrogen-bond acceptors (Lipinski definition) is 1. The molecule has 1 fully saturated rings. The summed E-state index contributed by atoms with van der Waals surface area (Å²) in [5, 5.41) is 1.11. The quantitative estimate of drug-likeness (QED) is 0.516. The van der Waals surface area contributed by atoms with Crippen LogP contribution in [0.3, 0.4) is 0 Å². The minimum Gasteiger partial charge on any atom is -0.381 e. The Balaban J connectivity index is 2.04. The second-order valence-corrected chi connectivity index (χ2v) is 5.28. The van der Waals surface area contributed by atoms with Crippen LogP contribution in [0.5, 0.6) is 0 Å². The number of rotatable bonds is 6. The van der Waals surface area contributed by atoms with Gasteiger partial charge in [0, 0.05) is 17.4 Å². The van der Waals surface area contributed by atoms with E-state index in [1.54, 1.807) is 0 Å². The molecule has 0 N–H and O–H groups in total. The zero-order chi connectivity index (χ0) is 9.73. The van der Waals surface area contributed by atoms with Gasteiger partial charge in [0.1, 0.15) is 0 Å². The third-order valence-corrected chi connectivity index (χ3v) is 4.13. The fraction of sp³-hybridized carbons (Fsp3) is 1.00. The summed E-state index contributed by atoms with van der Waals surface area (Å²) in [5.74, 6) is 0.765. The summed E-state index contributed by atoms with van der Waals surface area (Å²) in [7, 11) is 0. The number of halogens is 1. The molecule has 1 saturated carbocycles. The van der Waals surface area contributed by atoms with Gasteiger partial charge in [-0.05, 0) is 25.2 Å². The Morgan fingerprint density at radius 1 is 1.38 bits per heavy atom. The van der Waals surface area contributed by atoms with Crippen LogP contribution in [0, 0.1) is 11.3 Å². The van der Waals surface area contributed by atoms with Crippen LogP contribution in [-0.4, -0.2) is 18.5 Å². The molecular formula is C11H21BrO. The highest BCUT2D eigenvalue weighted by atomic mass is 79.9. The summed E-state index contributed by atoms with van der Waals surface area (Å²) in [6.07, 6.45) is 5.28. The first-order chi connectivity index (χ1) is 6.18. The van der Waals surface area contributed by atoms with Gasteiger partial charge < -0.3 is 4.74 Å². The largest absolute Gasteiger partial charge is 0.381 e. The zero-order valence-corrected chi connectivity index (χ0v) is 10.4. The van der Waals surface area contributed by atoms with Gasteiger partial charge in [0.15, 0.2) is 0 Å². The van der Waals surface area contributed by atoms with E-state index in [9.17, 15) is 0 Å². The molecule has 0 heterocycles. The Morgan fingerprint density at radius 2 is 2.08 bits per heavy atom. The maximum Gasteiger partial charge on any atom is 0.0530 e. The summed E-state index contributed by atoms with van der Waals surface area (Å²) in [5.41, 5.74) is 0.497. The molecule has 0 amide bonds. The molecule has 0 bridgehead atoms. The minimum atomic E-state index is 0.497. The second-order valence-electron chi connectivity index (χ2n) is 4.72. The molecule has 0 aromatic rings. The molecule has 0 spiro atoms. The average molecular weight is 249 g/mol. The molecule has 78 valence electrons. The Labute approximate surface area is 90.4 Å². The molecule has 2 heteroatoms. The molecule has 0 atom stereocenters. The van der Waals surface area contributed by atoms with Crippen molar-refractivity contribution in [3.8, 4) is 0 Å². The van der Waals surface area contributed by atoms with Gasteiger partial charge in [-0.15, -0.1) is 0 Å². The van der Waals surface area contributed by atoms with Crippen molar-refractivity contribution >= 4 is 15.9 Å². The number of alkyl halides is 1. The molecule has 0 aromatic heterocycles. The van der Waals surface area contributed by atoms with Crippen LogP contribution < -0.4 is 0 Å². The highest BCUT2D eigenvalue weighted by Gasteiger charge is 2.35. The SMILES string of the molecule is CC(C)CCOCC1(CBr)CCC1. The van der Waals surface area contributed by atoms with Crippen LogP contribution in [-0.2, 0) is 4.74 Å². The van der Waals surface area contributed by atoms with Crippen LogP contribution >= 0.6 is 15.9 Å². The summed E-state index contributed by atoms with van der Waals surface area (Å²) >= 11 is 3.58. The predicted molar refractivity (Wildman–Crippen MR) is 60.4 cm³/mol. The smallest absolute Gasteiger partial charge is 0.0530 e. The van der Waals surface area contributed by atoms with Crippen LogP contribution in [0.4, 0.5) is 0 Å². The maximum absolute atomic E-state index is 5.71. The first-order valence-corrected chi connectivity index (χ1v) is 6.44. The summed E-state index contributed by atoms with van der Waals surface area (Å²) in [6.45, 7) is 6.39. The van der Waals surface area contributed by atoms with E-state index in [1.807, 2.05) is 0 Å². The van der Waals surface area contributed by atoms with E-state index < -0.39 is 0 Å². The van der Waals surface area contributed by atoms with Crippen molar-refractivity contribution in [1.29, 1.82) is 0 Å². The molecule has 0 saturated heterocycles. The van der Waals surface area contributed by atoms with Crippen molar-refractivity contribution in [3.63, 3.8) is 0 Å². The zero-order valence-electron chi connectivity index (χ0n) is 8.81. The Morgan fingerprint density at radius 3 is 2.46 bits per heavy atom. The van der Waals surface area contributed by atoms with Crippen LogP contribution in [0.1, 0.15) is 39.5 Å². The lowest BCUT2D eigenvalue weighted by molar-refractivity contribution is 0.00733. The van der Waals surface area contributed by atoms with Gasteiger partial charge in [0.25, 0.3) is 0 Å². The third-order valence-electron chi connectivity index (χ3n) is 2.95. The molecule has 13 heavy (non-hydrogen) atoms. The van der Waals surface area contributed by atoms with Crippen LogP contribution in [0.15, 0.2) is 0 Å². The van der Waals surface area contributed by atoms with Gasteiger partial charge in [-0.2, -0.15) is 0 Å². The highest BCUT2D eigenvalue weighted by Crippen LogP contribution is 2.42. The van der Waals surface area contributed by atoms with Gasteiger partial charge in [-0.3, -0.25) is 0 Å². The Hall–Kier alpha value is 0.440. The van der Waals surface area contributed by atoms with E-state index in [1.165, 1.54) is 25.7 Å². The second kappa shape index (κ2) is 5.35. The van der Waals surface area contributed by atoms with E-state index in [0.717, 1.165) is 24.5 Å². The minimum absolute atomic E-state index is 0.497. The van der Waals surface area contributed by atoms with Crippen molar-refractivity contribution in [3.05, 3.63) is 0 Å². The maximum atomic E-state index is 5.71. The van der Waals surface area contributed by atoms with Crippen molar-refractivity contribution in [2.45, 2.75) is 39.5 Å². The van der Waals surface area contributed by atoms with E-state index >= 15 is 0 Å². The third kappa shape index (κ3) is 3.59. The molecular weight excluding hydrogens is 228 g/mol. The van der Waals surface area contributed by atoms with Crippen molar-refractivity contribution in [2.75, 3.05) is 18.5 Å². The molecule has 0 aromatic carbocycles. The normalized spacial score (nSPS) is 20.3. The van der Waals surface area contributed by atoms with Gasteiger partial charge in [0.2, 0.25) is 0 Å². The topological polar surface area (TPSA) is 9.23 Å². The summed E-state index contributed by atoms with van der Waals surface area (Å²) in [6, 6.07) is 0. The molecule has 0 radical (unpaired) electrons. The van der Waals surface area contributed by atoms with Gasteiger partial charge in [-0.25, -0.2) is 0 Å². The Kier molecular flexibility index (Phi) is 4.74. The lowest BCUT2D eigenvalue weighted by Gasteiger charge is -2.40. The Bertz CT molecular complexity index is 136. The summed E-state index contributed by atoms with van der Waals surface area (Å²) < 4.78 is 5.71. The van der Waals surface area contributed by atoms with Crippen molar-refractivity contribution < 1.29 is 4.74 Å². The molecule has 1 aliphatic rings. The van der Waals surface area contributed by atoms with Gasteiger partial charge in [0.05, 0.1) is 6.61 Å². The fourth-order valence-corrected chi connectivity index (χ4v) is 2.32. The van der Waals surface area contributed by atoms with Crippen molar-refractivity contribution in [1.82, 2.24) is 0 Å². The van der Waals surface area contributed by atoms with Crippen molar-refractivity contribution in [2.24, 2.45) is 11.3 Å². The first-order valence-electron chi connectivity index (χ1n) is 5.32. The molecule has 1 rings (SSSR count). The number of hydrogen-bond donors (Lipinski definition) is 0. The van der Waals surface area contributed by atoms with E-state index in [2.05, 4.69) is 29.8 Å². The first kappa shape index (κ1) is 11.5. The average Bonchev–Trinajstić information content (AvgIpc) is 2.01. The highest BCUT2D eigenvalue weighted by molar-refractivity contribution is 9.09. The lowest BCUT2D eigenvalue weighted by Crippen LogP contribution is -2.36. The van der Waals surface area contributed by atoms with Crippen LogP contribution in [0.2, 0.25) is 0 Å². The van der Waals surface area contributed by atoms with Gasteiger partial charge in [-0.1, -0.05) is 36.2 Å². The molecule has 0 unspecified atom stereocenters. The lowest BCUT2D eigenvalue weighted by atomic mass is 9.71. The monoisotopic (exact) mass is 248 g/mol. The molecule has 1 aliphatic carbocycles. The fourth-order valence-electron chi connectivity index (χ4n) is 1.60. The standard InChI is InChI=1S/C11H21BrO/c1-10(2)4-7-13-9-11(8-12)5-3-6-11/h10H,3-9H2,1-2H3. The predicted octanol–water partition coefficient (Wildman–Crippen LogP) is 3.61. The van der Waals surface area contributed by atoms with Crippen LogP contribution in [0.25, 0.3) is 0 Å². The summed E-state index contributed by atoms with van der Waals surface area (Å²) in [4.78, 5) is 0. The molecule has 0 aliphatic heterocycles. The van der Waals surface area contributed by atoms with E-state index in [4.69, 9.17) is 4.74 Å². The van der Waals surface area contributed by atoms with E-state index in [0.29, 0.717) is 5.41 Å². The molecule has 1 nitrogen and oxygen atoms in total.